The molecule has 0 spiro atoms. The molecule has 1 aromatic heterocycles. The zero-order valence-electron chi connectivity index (χ0n) is 17.8. The lowest BCUT2D eigenvalue weighted by atomic mass is 10.0. The lowest BCUT2D eigenvalue weighted by Crippen LogP contribution is -2.50. The number of amides is 2. The molecule has 168 valence electrons. The molecule has 2 atom stereocenters. The van der Waals surface area contributed by atoms with Gasteiger partial charge in [-0.15, -0.1) is 0 Å². The van der Waals surface area contributed by atoms with E-state index in [0.717, 1.165) is 5.56 Å². The van der Waals surface area contributed by atoms with E-state index in [9.17, 15) is 14.0 Å². The molecule has 2 amide bonds. The minimum absolute atomic E-state index is 0.111. The van der Waals surface area contributed by atoms with Crippen LogP contribution in [0.4, 0.5) is 4.39 Å². The molecule has 1 aliphatic rings. The Hall–Kier alpha value is -4.07. The van der Waals surface area contributed by atoms with Crippen molar-refractivity contribution in [3.63, 3.8) is 0 Å². The molecule has 7 nitrogen and oxygen atoms in total. The lowest BCUT2D eigenvalue weighted by Gasteiger charge is -2.20. The summed E-state index contributed by atoms with van der Waals surface area (Å²) in [6.45, 7) is 0.237. The van der Waals surface area contributed by atoms with Crippen LogP contribution in [0.2, 0.25) is 0 Å². The first-order valence-electron chi connectivity index (χ1n) is 10.6. The molecule has 0 saturated carbocycles. The van der Waals surface area contributed by atoms with Crippen LogP contribution in [0.3, 0.4) is 0 Å². The van der Waals surface area contributed by atoms with E-state index in [2.05, 4.69) is 20.8 Å². The molecule has 8 heteroatoms. The van der Waals surface area contributed by atoms with E-state index >= 15 is 0 Å². The molecular weight excluding hydrogens is 423 g/mol. The summed E-state index contributed by atoms with van der Waals surface area (Å²) in [7, 11) is 0. The second kappa shape index (κ2) is 10.5. The number of carbonyl (C=O) groups is 2. The quantitative estimate of drug-likeness (QED) is 0.557. The van der Waals surface area contributed by atoms with Gasteiger partial charge in [-0.1, -0.05) is 59.8 Å². The van der Waals surface area contributed by atoms with Crippen LogP contribution in [0.1, 0.15) is 23.2 Å². The molecular formula is C25H23FN4O3. The van der Waals surface area contributed by atoms with Crippen LogP contribution in [0.25, 0.3) is 0 Å². The summed E-state index contributed by atoms with van der Waals surface area (Å²) in [5, 5.41) is 9.48. The minimum Gasteiger partial charge on any atom is -0.382 e. The van der Waals surface area contributed by atoms with Gasteiger partial charge >= 0.3 is 0 Å². The van der Waals surface area contributed by atoms with Gasteiger partial charge in [-0.2, -0.15) is 0 Å². The number of nitrogens with one attached hydrogen (secondary N) is 2. The fourth-order valence-electron chi connectivity index (χ4n) is 3.50. The molecule has 4 rings (SSSR count). The average molecular weight is 446 g/mol. The maximum Gasteiger partial charge on any atom is 0.265 e. The van der Waals surface area contributed by atoms with Crippen molar-refractivity contribution in [1.29, 1.82) is 0 Å². The summed E-state index contributed by atoms with van der Waals surface area (Å²) in [5.41, 5.74) is 2.25. The third-order valence-electron chi connectivity index (χ3n) is 5.23. The van der Waals surface area contributed by atoms with Crippen LogP contribution < -0.4 is 10.6 Å². The van der Waals surface area contributed by atoms with Gasteiger partial charge in [0.1, 0.15) is 11.9 Å². The van der Waals surface area contributed by atoms with Gasteiger partial charge in [0.2, 0.25) is 12.0 Å². The van der Waals surface area contributed by atoms with E-state index < -0.39 is 23.9 Å². The molecule has 0 aliphatic carbocycles. The Kier molecular flexibility index (Phi) is 7.04. The molecule has 2 unspecified atom stereocenters. The second-order valence-corrected chi connectivity index (χ2v) is 7.61. The molecule has 0 saturated heterocycles. The number of aromatic nitrogens is 1. The third-order valence-corrected chi connectivity index (χ3v) is 5.23. The van der Waals surface area contributed by atoms with E-state index in [-0.39, 0.29) is 18.9 Å². The summed E-state index contributed by atoms with van der Waals surface area (Å²) in [6.07, 6.45) is 1.12. The van der Waals surface area contributed by atoms with Crippen molar-refractivity contribution < 1.29 is 18.8 Å². The number of oxime groups is 1. The predicted octanol–water partition coefficient (Wildman–Crippen LogP) is 2.76. The first kappa shape index (κ1) is 22.1. The first-order chi connectivity index (χ1) is 16.1. The van der Waals surface area contributed by atoms with E-state index in [0.29, 0.717) is 23.4 Å². The second-order valence-electron chi connectivity index (χ2n) is 7.61. The van der Waals surface area contributed by atoms with Gasteiger partial charge in [0.25, 0.3) is 5.91 Å². The van der Waals surface area contributed by atoms with Gasteiger partial charge in [0.05, 0.1) is 18.0 Å². The minimum atomic E-state index is -0.943. The Balaban J connectivity index is 1.41. The van der Waals surface area contributed by atoms with Crippen molar-refractivity contribution in [1.82, 2.24) is 15.6 Å². The highest BCUT2D eigenvalue weighted by Crippen LogP contribution is 2.19. The molecule has 2 heterocycles. The maximum absolute atomic E-state index is 14.1. The van der Waals surface area contributed by atoms with Crippen LogP contribution in [0.15, 0.2) is 84.1 Å². The average Bonchev–Trinajstić information content (AvgIpc) is 3.34. The normalized spacial score (nSPS) is 15.8. The Morgan fingerprint density at radius 2 is 1.79 bits per heavy atom. The summed E-state index contributed by atoms with van der Waals surface area (Å²) in [5.74, 6) is -1.26. The monoisotopic (exact) mass is 446 g/mol. The number of rotatable bonds is 8. The van der Waals surface area contributed by atoms with Crippen molar-refractivity contribution in [3.05, 3.63) is 102 Å². The Morgan fingerprint density at radius 3 is 2.55 bits per heavy atom. The first-order valence-corrected chi connectivity index (χ1v) is 10.6. The highest BCUT2D eigenvalue weighted by molar-refractivity contribution is 6.04. The molecule has 2 aromatic carbocycles. The summed E-state index contributed by atoms with van der Waals surface area (Å²) >= 11 is 0. The predicted molar refractivity (Wildman–Crippen MR) is 121 cm³/mol. The van der Waals surface area contributed by atoms with Crippen molar-refractivity contribution >= 4 is 17.5 Å². The molecule has 0 bridgehead atoms. The Labute approximate surface area is 190 Å². The molecule has 33 heavy (non-hydrogen) atoms. The van der Waals surface area contributed by atoms with Gasteiger partial charge in [0, 0.05) is 24.6 Å². The zero-order valence-corrected chi connectivity index (χ0v) is 17.8. The summed E-state index contributed by atoms with van der Waals surface area (Å²) in [6, 6.07) is 20.2. The van der Waals surface area contributed by atoms with Gasteiger partial charge in [-0.3, -0.25) is 14.6 Å². The number of hydrogen-bond acceptors (Lipinski definition) is 5. The SMILES string of the molecule is O=C(NCc1ccccn1)C(Cc1ccccc1)NC(=O)C1CC(c2ccccc2F)=NO1. The van der Waals surface area contributed by atoms with E-state index in [1.807, 2.05) is 36.4 Å². The highest BCUT2D eigenvalue weighted by Gasteiger charge is 2.32. The molecule has 2 N–H and O–H groups in total. The number of benzene rings is 2. The number of nitrogens with zero attached hydrogens (tertiary/aromatic N) is 2. The van der Waals surface area contributed by atoms with Crippen molar-refractivity contribution in [2.75, 3.05) is 0 Å². The fourth-order valence-corrected chi connectivity index (χ4v) is 3.50. The van der Waals surface area contributed by atoms with Crippen molar-refractivity contribution in [2.24, 2.45) is 5.16 Å². The number of hydrogen-bond donors (Lipinski definition) is 2. The molecule has 0 fully saturated rings. The zero-order chi connectivity index (χ0) is 23.0. The maximum atomic E-state index is 14.1. The van der Waals surface area contributed by atoms with Gasteiger partial charge in [-0.25, -0.2) is 4.39 Å². The van der Waals surface area contributed by atoms with Crippen molar-refractivity contribution in [3.8, 4) is 0 Å². The smallest absolute Gasteiger partial charge is 0.265 e. The van der Waals surface area contributed by atoms with E-state index in [1.54, 1.807) is 36.5 Å². The molecule has 0 radical (unpaired) electrons. The Bertz CT molecular complexity index is 1140. The van der Waals surface area contributed by atoms with Gasteiger partial charge in [0.15, 0.2) is 0 Å². The van der Waals surface area contributed by atoms with Crippen LogP contribution >= 0.6 is 0 Å². The van der Waals surface area contributed by atoms with Gasteiger partial charge < -0.3 is 15.5 Å². The largest absolute Gasteiger partial charge is 0.382 e. The third kappa shape index (κ3) is 5.79. The molecule has 1 aliphatic heterocycles. The number of halogens is 1. The highest BCUT2D eigenvalue weighted by atomic mass is 19.1. The van der Waals surface area contributed by atoms with Crippen LogP contribution in [0.5, 0.6) is 0 Å². The topological polar surface area (TPSA) is 92.7 Å². The van der Waals surface area contributed by atoms with Crippen molar-refractivity contribution in [2.45, 2.75) is 31.5 Å². The van der Waals surface area contributed by atoms with Crippen LogP contribution in [-0.4, -0.2) is 34.7 Å². The van der Waals surface area contributed by atoms with Crippen LogP contribution in [0, 0.1) is 5.82 Å². The lowest BCUT2D eigenvalue weighted by molar-refractivity contribution is -0.135. The summed E-state index contributed by atoms with van der Waals surface area (Å²) < 4.78 is 14.1. The summed E-state index contributed by atoms with van der Waals surface area (Å²) in [4.78, 5) is 35.3. The van der Waals surface area contributed by atoms with E-state index in [4.69, 9.17) is 4.84 Å². The van der Waals surface area contributed by atoms with E-state index in [1.165, 1.54) is 6.07 Å². The number of pyridine rings is 1. The van der Waals surface area contributed by atoms with Crippen LogP contribution in [-0.2, 0) is 27.4 Å². The fraction of sp³-hybridized carbons (Fsp3) is 0.200. The molecule has 3 aromatic rings. The Morgan fingerprint density at radius 1 is 1.03 bits per heavy atom. The number of carbonyl (C=O) groups excluding carboxylic acids is 2. The van der Waals surface area contributed by atoms with Gasteiger partial charge in [-0.05, 0) is 23.8 Å². The standard InChI is InChI=1S/C25H23FN4O3/c26-20-12-5-4-11-19(20)21-15-23(33-30-21)25(32)29-22(14-17-8-2-1-3-9-17)24(31)28-16-18-10-6-7-13-27-18/h1-13,22-23H,14-16H2,(H,28,31)(H,29,32).